The number of hydrogen-bond acceptors (Lipinski definition) is 4. The van der Waals surface area contributed by atoms with Gasteiger partial charge in [-0.05, 0) is 91.5 Å². The summed E-state index contributed by atoms with van der Waals surface area (Å²) in [5, 5.41) is 18.3. The molecule has 6 heteroatoms. The van der Waals surface area contributed by atoms with Crippen LogP contribution in [0.3, 0.4) is 0 Å². The Morgan fingerprint density at radius 1 is 0.975 bits per heavy atom. The second-order valence-electron chi connectivity index (χ2n) is 12.5. The van der Waals surface area contributed by atoms with Gasteiger partial charge in [-0.3, -0.25) is 9.69 Å². The van der Waals surface area contributed by atoms with Gasteiger partial charge in [0.05, 0.1) is 5.92 Å². The number of aryl methyl sites for hydroxylation is 1. The maximum atomic E-state index is 15.0. The van der Waals surface area contributed by atoms with Crippen LogP contribution < -0.4 is 10.6 Å². The number of aliphatic hydroxyl groups excluding tert-OH is 1. The first-order valence-electron chi connectivity index (χ1n) is 14.6. The van der Waals surface area contributed by atoms with E-state index in [4.69, 9.17) is 0 Å². The molecule has 0 spiro atoms. The van der Waals surface area contributed by atoms with E-state index in [0.29, 0.717) is 24.6 Å². The SMILES string of the molecule is Cc1cccc(F)c1C(O)N1CCC[C@H](C(=O)Nc2cccc(C(C)(C)C)c2)[C@@H]1c1ccc(NC2CCC2)cc1. The largest absolute Gasteiger partial charge is 0.382 e. The fraction of sp³-hybridized carbons (Fsp3) is 0.441. The minimum atomic E-state index is -1.17. The number of aliphatic hydroxyl groups is 1. The van der Waals surface area contributed by atoms with Crippen LogP contribution in [0.2, 0.25) is 0 Å². The average Bonchev–Trinajstić information content (AvgIpc) is 2.90. The molecule has 1 heterocycles. The van der Waals surface area contributed by atoms with Crippen molar-refractivity contribution in [2.75, 3.05) is 17.2 Å². The fourth-order valence-electron chi connectivity index (χ4n) is 6.00. The molecule has 212 valence electrons. The minimum absolute atomic E-state index is 0.0398. The zero-order valence-corrected chi connectivity index (χ0v) is 24.1. The van der Waals surface area contributed by atoms with Crippen molar-refractivity contribution in [3.05, 3.63) is 94.8 Å². The molecule has 0 bridgehead atoms. The van der Waals surface area contributed by atoms with Crippen LogP contribution in [-0.4, -0.2) is 28.5 Å². The van der Waals surface area contributed by atoms with Gasteiger partial charge >= 0.3 is 0 Å². The molecule has 2 aliphatic rings. The lowest BCUT2D eigenvalue weighted by atomic mass is 9.82. The molecule has 40 heavy (non-hydrogen) atoms. The van der Waals surface area contributed by atoms with Crippen molar-refractivity contribution in [2.45, 2.75) is 83.5 Å². The first kappa shape index (κ1) is 28.3. The molecule has 0 radical (unpaired) electrons. The number of likely N-dealkylation sites (tertiary alicyclic amines) is 1. The van der Waals surface area contributed by atoms with Gasteiger partial charge < -0.3 is 15.7 Å². The Hall–Kier alpha value is -3.22. The van der Waals surface area contributed by atoms with Crippen molar-refractivity contribution in [3.63, 3.8) is 0 Å². The van der Waals surface area contributed by atoms with Crippen LogP contribution in [0.15, 0.2) is 66.7 Å². The van der Waals surface area contributed by atoms with Gasteiger partial charge in [0.15, 0.2) is 0 Å². The molecule has 1 unspecified atom stereocenters. The first-order chi connectivity index (χ1) is 19.1. The highest BCUT2D eigenvalue weighted by atomic mass is 19.1. The van der Waals surface area contributed by atoms with Crippen molar-refractivity contribution >= 4 is 17.3 Å². The molecule has 1 aliphatic heterocycles. The Morgan fingerprint density at radius 3 is 2.35 bits per heavy atom. The highest BCUT2D eigenvalue weighted by Crippen LogP contribution is 2.42. The summed E-state index contributed by atoms with van der Waals surface area (Å²) < 4.78 is 15.0. The third-order valence-corrected chi connectivity index (χ3v) is 8.57. The zero-order chi connectivity index (χ0) is 28.4. The van der Waals surface area contributed by atoms with Crippen LogP contribution in [0.1, 0.15) is 87.4 Å². The highest BCUT2D eigenvalue weighted by molar-refractivity contribution is 5.93. The molecular formula is C34H42FN3O2. The molecule has 1 saturated heterocycles. The monoisotopic (exact) mass is 543 g/mol. The van der Waals surface area contributed by atoms with Crippen LogP contribution >= 0.6 is 0 Å². The summed E-state index contributed by atoms with van der Waals surface area (Å²) in [6.45, 7) is 8.83. The van der Waals surface area contributed by atoms with Crippen LogP contribution in [0.25, 0.3) is 0 Å². The number of nitrogens with zero attached hydrogens (tertiary/aromatic N) is 1. The molecule has 3 aromatic rings. The molecule has 5 nitrogen and oxygen atoms in total. The van der Waals surface area contributed by atoms with Gasteiger partial charge in [-0.15, -0.1) is 0 Å². The van der Waals surface area contributed by atoms with E-state index in [1.54, 1.807) is 6.07 Å². The van der Waals surface area contributed by atoms with Gasteiger partial charge in [0.25, 0.3) is 0 Å². The summed E-state index contributed by atoms with van der Waals surface area (Å²) in [4.78, 5) is 15.8. The molecule has 1 saturated carbocycles. The lowest BCUT2D eigenvalue weighted by Gasteiger charge is -2.43. The number of amides is 1. The van der Waals surface area contributed by atoms with E-state index in [2.05, 4.69) is 49.6 Å². The Labute approximate surface area is 237 Å². The molecule has 2 fully saturated rings. The number of carbonyl (C=O) groups is 1. The first-order valence-corrected chi connectivity index (χ1v) is 14.6. The molecule has 3 aromatic carbocycles. The van der Waals surface area contributed by atoms with Gasteiger partial charge in [0, 0.05) is 35.6 Å². The number of piperidine rings is 1. The molecule has 0 aromatic heterocycles. The minimum Gasteiger partial charge on any atom is -0.382 e. The number of rotatable bonds is 7. The van der Waals surface area contributed by atoms with E-state index in [-0.39, 0.29) is 16.9 Å². The van der Waals surface area contributed by atoms with Crippen LogP contribution in [0.5, 0.6) is 0 Å². The number of benzene rings is 3. The average molecular weight is 544 g/mol. The quantitative estimate of drug-likeness (QED) is 0.289. The van der Waals surface area contributed by atoms with Gasteiger partial charge in [-0.1, -0.05) is 57.2 Å². The maximum absolute atomic E-state index is 15.0. The molecule has 1 amide bonds. The normalized spacial score (nSPS) is 20.9. The number of nitrogens with one attached hydrogen (secondary N) is 2. The zero-order valence-electron chi connectivity index (χ0n) is 24.1. The van der Waals surface area contributed by atoms with Crippen molar-refractivity contribution in [2.24, 2.45) is 5.92 Å². The van der Waals surface area contributed by atoms with Gasteiger partial charge in [0.2, 0.25) is 5.91 Å². The molecule has 3 atom stereocenters. The van der Waals surface area contributed by atoms with Gasteiger partial charge in [0.1, 0.15) is 12.0 Å². The van der Waals surface area contributed by atoms with E-state index in [1.807, 2.05) is 48.2 Å². The third-order valence-electron chi connectivity index (χ3n) is 8.57. The van der Waals surface area contributed by atoms with Crippen LogP contribution in [0, 0.1) is 18.7 Å². The summed E-state index contributed by atoms with van der Waals surface area (Å²) in [7, 11) is 0. The van der Waals surface area contributed by atoms with Crippen molar-refractivity contribution in [1.29, 1.82) is 0 Å². The summed E-state index contributed by atoms with van der Waals surface area (Å²) in [6.07, 6.45) is 3.87. The topological polar surface area (TPSA) is 64.6 Å². The summed E-state index contributed by atoms with van der Waals surface area (Å²) in [6, 6.07) is 21.2. The lowest BCUT2D eigenvalue weighted by Crippen LogP contribution is -2.45. The second-order valence-corrected chi connectivity index (χ2v) is 12.5. The van der Waals surface area contributed by atoms with Gasteiger partial charge in [-0.25, -0.2) is 4.39 Å². The lowest BCUT2D eigenvalue weighted by molar-refractivity contribution is -0.128. The van der Waals surface area contributed by atoms with Gasteiger partial charge in [-0.2, -0.15) is 0 Å². The standard InChI is InChI=1S/C34H42FN3O2/c1-22-9-5-15-29(35)30(22)33(40)38-20-8-14-28(32(39)37-27-13-6-10-24(21-27)34(2,3)4)31(38)23-16-18-26(19-17-23)36-25-11-7-12-25/h5-6,9-10,13,15-19,21,25,28,31,33,36,40H,7-8,11-12,14,20H2,1-4H3,(H,37,39)/t28-,31-,33?/m0/s1. The molecular weight excluding hydrogens is 501 g/mol. The second kappa shape index (κ2) is 11.7. The van der Waals surface area contributed by atoms with E-state index in [0.717, 1.165) is 28.9 Å². The molecule has 3 N–H and O–H groups in total. The third kappa shape index (κ3) is 6.08. The van der Waals surface area contributed by atoms with E-state index in [9.17, 15) is 9.90 Å². The van der Waals surface area contributed by atoms with E-state index < -0.39 is 24.0 Å². The van der Waals surface area contributed by atoms with Crippen LogP contribution in [-0.2, 0) is 10.2 Å². The number of hydrogen-bond donors (Lipinski definition) is 3. The number of carbonyl (C=O) groups excluding carboxylic acids is 1. The maximum Gasteiger partial charge on any atom is 0.229 e. The van der Waals surface area contributed by atoms with Crippen molar-refractivity contribution in [3.8, 4) is 0 Å². The van der Waals surface area contributed by atoms with Crippen LogP contribution in [0.4, 0.5) is 15.8 Å². The number of anilines is 2. The molecule has 1 aliphatic carbocycles. The summed E-state index contributed by atoms with van der Waals surface area (Å²) >= 11 is 0. The predicted octanol–water partition coefficient (Wildman–Crippen LogP) is 7.48. The predicted molar refractivity (Wildman–Crippen MR) is 160 cm³/mol. The Kier molecular flexibility index (Phi) is 8.29. The fourth-order valence-corrected chi connectivity index (χ4v) is 6.00. The van der Waals surface area contributed by atoms with E-state index >= 15 is 4.39 Å². The molecule has 5 rings (SSSR count). The Balaban J connectivity index is 1.47. The number of halogens is 1. The van der Waals surface area contributed by atoms with Crippen molar-refractivity contribution < 1.29 is 14.3 Å². The Morgan fingerprint density at radius 2 is 1.70 bits per heavy atom. The van der Waals surface area contributed by atoms with E-state index in [1.165, 1.54) is 25.3 Å². The summed E-state index contributed by atoms with van der Waals surface area (Å²) in [5.74, 6) is -0.939. The Bertz CT molecular complexity index is 1310. The summed E-state index contributed by atoms with van der Waals surface area (Å²) in [5.41, 5.74) is 4.83. The highest BCUT2D eigenvalue weighted by Gasteiger charge is 2.41. The van der Waals surface area contributed by atoms with Crippen molar-refractivity contribution in [1.82, 2.24) is 4.90 Å². The smallest absolute Gasteiger partial charge is 0.229 e.